The van der Waals surface area contributed by atoms with Crippen molar-refractivity contribution in [2.24, 2.45) is 0 Å². The van der Waals surface area contributed by atoms with Gasteiger partial charge in [0, 0.05) is 0 Å². The molecule has 0 aromatic rings. The molecule has 1 aliphatic carbocycles. The summed E-state index contributed by atoms with van der Waals surface area (Å²) in [6.07, 6.45) is 5.28. The topological polar surface area (TPSA) is 20.2 Å². The highest BCUT2D eigenvalue weighted by Gasteiger charge is 2.05. The number of allylic oxidation sites excluding steroid dienone is 1. The SMILES string of the molecule is C=C1C=CCC(O)C1. The van der Waals surface area contributed by atoms with Crippen molar-refractivity contribution in [2.45, 2.75) is 18.9 Å². The van der Waals surface area contributed by atoms with Crippen molar-refractivity contribution in [1.29, 1.82) is 0 Å². The van der Waals surface area contributed by atoms with Crippen molar-refractivity contribution in [3.63, 3.8) is 0 Å². The zero-order valence-electron chi connectivity index (χ0n) is 4.80. The molecule has 0 aliphatic heterocycles. The third kappa shape index (κ3) is 1.20. The summed E-state index contributed by atoms with van der Waals surface area (Å²) in [6.45, 7) is 3.72. The molecular formula is C7H10O. The Morgan fingerprint density at radius 3 is 2.88 bits per heavy atom. The first kappa shape index (κ1) is 5.57. The van der Waals surface area contributed by atoms with Gasteiger partial charge in [0.25, 0.3) is 0 Å². The van der Waals surface area contributed by atoms with E-state index in [1.807, 2.05) is 12.2 Å². The van der Waals surface area contributed by atoms with E-state index in [-0.39, 0.29) is 6.10 Å². The lowest BCUT2D eigenvalue weighted by atomic mass is 10.0. The third-order valence-electron chi connectivity index (χ3n) is 1.26. The van der Waals surface area contributed by atoms with E-state index in [0.717, 1.165) is 18.4 Å². The van der Waals surface area contributed by atoms with Crippen molar-refractivity contribution in [1.82, 2.24) is 0 Å². The summed E-state index contributed by atoms with van der Waals surface area (Å²) in [6, 6.07) is 0. The molecule has 0 radical (unpaired) electrons. The van der Waals surface area contributed by atoms with Crippen LogP contribution in [0.5, 0.6) is 0 Å². The molecule has 1 nitrogen and oxygen atoms in total. The normalized spacial score (nSPS) is 28.6. The molecule has 0 saturated carbocycles. The zero-order valence-corrected chi connectivity index (χ0v) is 4.80. The molecule has 0 fully saturated rings. The van der Waals surface area contributed by atoms with Crippen LogP contribution >= 0.6 is 0 Å². The second kappa shape index (κ2) is 2.14. The number of rotatable bonds is 0. The maximum atomic E-state index is 8.97. The zero-order chi connectivity index (χ0) is 5.98. The molecule has 0 aromatic heterocycles. The quantitative estimate of drug-likeness (QED) is 0.497. The Bertz CT molecular complexity index is 124. The fraction of sp³-hybridized carbons (Fsp3) is 0.429. The molecule has 1 aliphatic rings. The van der Waals surface area contributed by atoms with E-state index >= 15 is 0 Å². The monoisotopic (exact) mass is 110 g/mol. The molecule has 0 amide bonds. The van der Waals surface area contributed by atoms with Crippen LogP contribution in [0.2, 0.25) is 0 Å². The van der Waals surface area contributed by atoms with Crippen molar-refractivity contribution in [2.75, 3.05) is 0 Å². The van der Waals surface area contributed by atoms with Gasteiger partial charge in [-0.05, 0) is 12.8 Å². The Morgan fingerprint density at radius 1 is 1.75 bits per heavy atom. The molecule has 0 saturated heterocycles. The average molecular weight is 110 g/mol. The molecule has 0 spiro atoms. The minimum Gasteiger partial charge on any atom is -0.392 e. The highest BCUT2D eigenvalue weighted by molar-refractivity contribution is 5.18. The van der Waals surface area contributed by atoms with Crippen LogP contribution in [0.4, 0.5) is 0 Å². The third-order valence-corrected chi connectivity index (χ3v) is 1.26. The summed E-state index contributed by atoms with van der Waals surface area (Å²) in [5.41, 5.74) is 1.03. The fourth-order valence-electron chi connectivity index (χ4n) is 0.846. The van der Waals surface area contributed by atoms with Gasteiger partial charge in [-0.25, -0.2) is 0 Å². The Morgan fingerprint density at radius 2 is 2.50 bits per heavy atom. The predicted octanol–water partition coefficient (Wildman–Crippen LogP) is 1.25. The van der Waals surface area contributed by atoms with Crippen LogP contribution in [0.25, 0.3) is 0 Å². The Hall–Kier alpha value is -0.560. The Labute approximate surface area is 49.3 Å². The van der Waals surface area contributed by atoms with Gasteiger partial charge in [-0.15, -0.1) is 0 Å². The summed E-state index contributed by atoms with van der Waals surface area (Å²) in [5, 5.41) is 8.97. The van der Waals surface area contributed by atoms with Gasteiger partial charge in [-0.3, -0.25) is 0 Å². The van der Waals surface area contributed by atoms with Gasteiger partial charge >= 0.3 is 0 Å². The largest absolute Gasteiger partial charge is 0.392 e. The van der Waals surface area contributed by atoms with Gasteiger partial charge in [-0.1, -0.05) is 24.3 Å². The second-order valence-corrected chi connectivity index (χ2v) is 2.15. The van der Waals surface area contributed by atoms with Gasteiger partial charge in [0.1, 0.15) is 0 Å². The summed E-state index contributed by atoms with van der Waals surface area (Å²) in [7, 11) is 0. The van der Waals surface area contributed by atoms with E-state index < -0.39 is 0 Å². The van der Waals surface area contributed by atoms with Crippen molar-refractivity contribution in [3.05, 3.63) is 24.3 Å². The molecule has 0 bridgehead atoms. The van der Waals surface area contributed by atoms with Gasteiger partial charge < -0.3 is 5.11 Å². The predicted molar refractivity (Wildman–Crippen MR) is 33.5 cm³/mol. The highest BCUT2D eigenvalue weighted by Crippen LogP contribution is 2.13. The van der Waals surface area contributed by atoms with E-state index in [1.165, 1.54) is 0 Å². The lowest BCUT2D eigenvalue weighted by Crippen LogP contribution is -2.08. The molecule has 1 N–H and O–H groups in total. The number of aliphatic hydroxyl groups excluding tert-OH is 1. The van der Waals surface area contributed by atoms with E-state index in [0.29, 0.717) is 0 Å². The lowest BCUT2D eigenvalue weighted by Gasteiger charge is -2.11. The highest BCUT2D eigenvalue weighted by atomic mass is 16.3. The summed E-state index contributed by atoms with van der Waals surface area (Å²) in [4.78, 5) is 0. The maximum Gasteiger partial charge on any atom is 0.0614 e. The molecule has 1 unspecified atom stereocenters. The van der Waals surface area contributed by atoms with Gasteiger partial charge in [-0.2, -0.15) is 0 Å². The molecule has 1 rings (SSSR count). The molecule has 44 valence electrons. The van der Waals surface area contributed by atoms with Crippen molar-refractivity contribution in [3.8, 4) is 0 Å². The minimum absolute atomic E-state index is 0.174. The molecule has 1 atom stereocenters. The van der Waals surface area contributed by atoms with Crippen LogP contribution in [0, 0.1) is 0 Å². The molecular weight excluding hydrogens is 100 g/mol. The fourth-order valence-corrected chi connectivity index (χ4v) is 0.846. The molecule has 8 heavy (non-hydrogen) atoms. The van der Waals surface area contributed by atoms with Crippen LogP contribution in [0.15, 0.2) is 24.3 Å². The van der Waals surface area contributed by atoms with E-state index in [4.69, 9.17) is 5.11 Å². The maximum absolute atomic E-state index is 8.97. The van der Waals surface area contributed by atoms with Crippen LogP contribution in [-0.2, 0) is 0 Å². The standard InChI is InChI=1S/C7H10O/c1-6-3-2-4-7(8)5-6/h2-3,7-8H,1,4-5H2. The van der Waals surface area contributed by atoms with E-state index in [9.17, 15) is 0 Å². The van der Waals surface area contributed by atoms with Gasteiger partial charge in [0.05, 0.1) is 6.10 Å². The van der Waals surface area contributed by atoms with Crippen LogP contribution in [0.3, 0.4) is 0 Å². The van der Waals surface area contributed by atoms with E-state index in [1.54, 1.807) is 0 Å². The van der Waals surface area contributed by atoms with Crippen molar-refractivity contribution >= 4 is 0 Å². The Kier molecular flexibility index (Phi) is 1.49. The lowest BCUT2D eigenvalue weighted by molar-refractivity contribution is 0.176. The first-order valence-corrected chi connectivity index (χ1v) is 2.81. The van der Waals surface area contributed by atoms with E-state index in [2.05, 4.69) is 6.58 Å². The first-order valence-electron chi connectivity index (χ1n) is 2.81. The molecule has 0 aromatic carbocycles. The van der Waals surface area contributed by atoms with Crippen LogP contribution in [-0.4, -0.2) is 11.2 Å². The molecule has 1 heteroatoms. The van der Waals surface area contributed by atoms with Crippen molar-refractivity contribution < 1.29 is 5.11 Å². The smallest absolute Gasteiger partial charge is 0.0614 e. The van der Waals surface area contributed by atoms with Crippen LogP contribution < -0.4 is 0 Å². The number of aliphatic hydroxyl groups is 1. The first-order chi connectivity index (χ1) is 3.79. The summed E-state index contributed by atoms with van der Waals surface area (Å²) >= 11 is 0. The number of hydrogen-bond donors (Lipinski definition) is 1. The summed E-state index contributed by atoms with van der Waals surface area (Å²) < 4.78 is 0. The van der Waals surface area contributed by atoms with Gasteiger partial charge in [0.15, 0.2) is 0 Å². The molecule has 0 heterocycles. The minimum atomic E-state index is -0.174. The second-order valence-electron chi connectivity index (χ2n) is 2.15. The average Bonchev–Trinajstić information content (AvgIpc) is 1.64. The number of hydrogen-bond acceptors (Lipinski definition) is 1. The van der Waals surface area contributed by atoms with Crippen LogP contribution in [0.1, 0.15) is 12.8 Å². The van der Waals surface area contributed by atoms with Gasteiger partial charge in [0.2, 0.25) is 0 Å². The Balaban J connectivity index is 2.54. The summed E-state index contributed by atoms with van der Waals surface area (Å²) in [5.74, 6) is 0.